The van der Waals surface area contributed by atoms with Crippen LogP contribution in [0.25, 0.3) is 55.8 Å². The first-order valence-corrected chi connectivity index (χ1v) is 25.5. The van der Waals surface area contributed by atoms with Crippen molar-refractivity contribution >= 4 is 46.4 Å². The van der Waals surface area contributed by atoms with E-state index in [0.29, 0.717) is 22.7 Å². The fraction of sp³-hybridized carbons (Fsp3) is 0.0769. The third-order valence-electron chi connectivity index (χ3n) is 13.6. The Morgan fingerprint density at radius 1 is 0.562 bits per heavy atom. The van der Waals surface area contributed by atoms with E-state index in [1.165, 1.54) is 5.56 Å². The van der Waals surface area contributed by atoms with Gasteiger partial charge in [-0.2, -0.15) is 12.1 Å². The second-order valence-corrected chi connectivity index (χ2v) is 20.1. The Kier molecular flexibility index (Phi) is 11.1. The number of anilines is 4. The van der Waals surface area contributed by atoms with Crippen molar-refractivity contribution < 1.29 is 28.2 Å². The first-order valence-electron chi connectivity index (χ1n) is 25.9. The summed E-state index contributed by atoms with van der Waals surface area (Å²) in [5, 5.41) is 0. The predicted molar refractivity (Wildman–Crippen MR) is 297 cm³/mol. The van der Waals surface area contributed by atoms with Gasteiger partial charge >= 0.3 is 361 Å². The van der Waals surface area contributed by atoms with Crippen molar-refractivity contribution in [2.24, 2.45) is 0 Å². The number of hydrogen-bond donors (Lipinski definition) is 0. The average Bonchev–Trinajstić information content (AvgIpc) is 3.96. The summed E-state index contributed by atoms with van der Waals surface area (Å²) < 4.78 is 38.4. The zero-order valence-electron chi connectivity index (χ0n) is 43.5. The molecule has 0 atom stereocenters. The second-order valence-electron chi connectivity index (χ2n) is 19.1. The first-order chi connectivity index (χ1) is 36.9. The molecule has 11 aromatic rings. The Bertz CT molecular complexity index is 3990. The van der Waals surface area contributed by atoms with Crippen molar-refractivity contribution in [3.8, 4) is 56.4 Å². The molecule has 73 heavy (non-hydrogen) atoms. The summed E-state index contributed by atoms with van der Waals surface area (Å²) in [6, 6.07) is 85.3. The number of hydrogen-bond acceptors (Lipinski definition) is 4. The van der Waals surface area contributed by atoms with Crippen LogP contribution in [0.3, 0.4) is 0 Å². The summed E-state index contributed by atoms with van der Waals surface area (Å²) in [4.78, 5) is 9.88. The summed E-state index contributed by atoms with van der Waals surface area (Å²) in [6.07, 6.45) is 0. The molecule has 0 amide bonds. The number of ether oxygens (including phenoxy) is 1. The van der Waals surface area contributed by atoms with Crippen molar-refractivity contribution in [2.45, 2.75) is 33.0 Å². The third-order valence-corrected chi connectivity index (χ3v) is 14.6. The maximum absolute atomic E-state index is 8.61. The molecule has 0 bridgehead atoms. The molecule has 1 aliphatic rings. The number of aromatic nitrogens is 3. The third kappa shape index (κ3) is 8.44. The quantitative estimate of drug-likeness (QED) is 0.101. The van der Waals surface area contributed by atoms with Crippen molar-refractivity contribution in [1.29, 1.82) is 0 Å². The van der Waals surface area contributed by atoms with E-state index < -0.39 is 6.85 Å². The van der Waals surface area contributed by atoms with Crippen molar-refractivity contribution in [3.63, 3.8) is 0 Å². The van der Waals surface area contributed by atoms with Crippen LogP contribution in [0.2, 0.25) is 0 Å². The van der Waals surface area contributed by atoms with Gasteiger partial charge in [0.1, 0.15) is 0 Å². The Balaban J connectivity index is 1.02. The Labute approximate surface area is 442 Å². The van der Waals surface area contributed by atoms with Gasteiger partial charge in [-0.3, -0.25) is 0 Å². The molecule has 0 saturated carbocycles. The molecule has 12 rings (SSSR count). The van der Waals surface area contributed by atoms with Gasteiger partial charge in [-0.25, -0.2) is 0 Å². The van der Waals surface area contributed by atoms with Crippen LogP contribution in [0.5, 0.6) is 11.6 Å². The van der Waals surface area contributed by atoms with E-state index in [9.17, 15) is 0 Å². The van der Waals surface area contributed by atoms with E-state index in [-0.39, 0.29) is 23.8 Å². The second kappa shape index (κ2) is 19.1. The van der Waals surface area contributed by atoms with Crippen molar-refractivity contribution in [2.75, 3.05) is 9.62 Å². The minimum atomic E-state index is -2.41. The van der Waals surface area contributed by atoms with Gasteiger partial charge in [-0.05, 0) is 12.1 Å². The zero-order valence-corrected chi connectivity index (χ0v) is 42.7. The molecular weight excluding hydrogens is 1070 g/mol. The van der Waals surface area contributed by atoms with Gasteiger partial charge in [0, 0.05) is 5.69 Å². The molecule has 0 radical (unpaired) electrons. The van der Waals surface area contributed by atoms with E-state index in [0.717, 1.165) is 71.0 Å². The molecule has 1 aliphatic heterocycles. The molecule has 0 N–H and O–H groups in total. The molecule has 0 saturated heterocycles. The van der Waals surface area contributed by atoms with Crippen molar-refractivity contribution in [3.05, 3.63) is 258 Å². The number of fused-ring (bicyclic) bond motifs is 2. The molecule has 0 spiro atoms. The molecule has 0 unspecified atom stereocenters. The molecule has 6 nitrogen and oxygen atoms in total. The first kappa shape index (κ1) is 42.4. The number of rotatable bonds is 10. The SMILES string of the molecule is [2H]C([2H])([2H])c1ccccc1-c1ccc(N2B(c3ccccc3)N(c3ccccc3)c3ccc[c-]c32)nc1Oc1[c-]c(-n2[c](=[Pt])n(-c3c(-c4ccccc4)cccc3-c3ccc(C(C)(C)C)cc3)c3ccccc32)ccc1. The van der Waals surface area contributed by atoms with Crippen molar-refractivity contribution in [1.82, 2.24) is 14.1 Å². The molecule has 9 aromatic carbocycles. The van der Waals surface area contributed by atoms with Crippen LogP contribution in [0.1, 0.15) is 36.0 Å². The molecule has 2 aromatic heterocycles. The predicted octanol–water partition coefficient (Wildman–Crippen LogP) is 15.6. The van der Waals surface area contributed by atoms with Crippen LogP contribution < -0.4 is 19.8 Å². The number of aryl methyl sites for hydroxylation is 1. The fourth-order valence-corrected chi connectivity index (χ4v) is 11.2. The van der Waals surface area contributed by atoms with Gasteiger partial charge in [0.15, 0.2) is 0 Å². The number of imidazole rings is 1. The van der Waals surface area contributed by atoms with E-state index >= 15 is 0 Å². The Morgan fingerprint density at radius 2 is 1.19 bits per heavy atom. The van der Waals surface area contributed by atoms with Gasteiger partial charge in [-0.1, -0.05) is 48.5 Å². The summed E-state index contributed by atoms with van der Waals surface area (Å²) in [7, 11) is 0. The van der Waals surface area contributed by atoms with Crippen LogP contribution in [-0.2, 0) is 24.8 Å². The minimum absolute atomic E-state index is 0.0110. The van der Waals surface area contributed by atoms with E-state index in [4.69, 9.17) is 13.8 Å². The average molecular weight is 1130 g/mol. The van der Waals surface area contributed by atoms with E-state index in [2.05, 4.69) is 198 Å². The maximum atomic E-state index is 8.61. The van der Waals surface area contributed by atoms with Crippen LogP contribution >= 0.6 is 0 Å². The van der Waals surface area contributed by atoms with E-state index in [1.807, 2.05) is 91.0 Å². The summed E-state index contributed by atoms with van der Waals surface area (Å²) in [6.45, 7) is 3.96. The van der Waals surface area contributed by atoms with Crippen LogP contribution in [0.4, 0.5) is 22.9 Å². The van der Waals surface area contributed by atoms with E-state index in [1.54, 1.807) is 12.1 Å². The van der Waals surface area contributed by atoms with Crippen LogP contribution in [-0.4, -0.2) is 21.1 Å². The standard InChI is InChI=1S/C65H50BN5O.Pt/c1-46-22-14-15-31-54(46)57-42-43-62(71-61-37-19-18-36-60(61)70(51-27-12-7-13-28-51)66(71)50-25-10-6-11-26-50)67-64(57)72-53-30-20-29-52(44-53)68-45-69(59-35-17-16-34-58(59)68)63-55(47-23-8-5-9-24-47)32-21-33-56(63)48-38-40-49(41-39-48)65(2,3)4;/h5-36,38-43H,1-4H3;/q-2;/i1D3;. The number of para-hydroxylation sites is 5. The molecule has 8 heteroatoms. The monoisotopic (exact) mass is 1130 g/mol. The molecule has 356 valence electrons. The number of benzene rings is 9. The van der Waals surface area contributed by atoms with Gasteiger partial charge < -0.3 is 0 Å². The van der Waals surface area contributed by atoms with Gasteiger partial charge in [-0.15, -0.1) is 6.07 Å². The van der Waals surface area contributed by atoms with Crippen LogP contribution in [0, 0.1) is 22.8 Å². The fourth-order valence-electron chi connectivity index (χ4n) is 10.1. The van der Waals surface area contributed by atoms with Crippen LogP contribution in [0.15, 0.2) is 231 Å². The molecule has 0 aliphatic carbocycles. The zero-order chi connectivity index (χ0) is 52.1. The normalized spacial score (nSPS) is 13.2. The Morgan fingerprint density at radius 3 is 1.92 bits per heavy atom. The molecule has 3 heterocycles. The Hall–Kier alpha value is -8.25. The topological polar surface area (TPSA) is 38.5 Å². The molecular formula is C65H50BN5OPt-2. The van der Waals surface area contributed by atoms with Gasteiger partial charge in [0.2, 0.25) is 0 Å². The van der Waals surface area contributed by atoms with Gasteiger partial charge in [0.25, 0.3) is 0 Å². The number of pyridine rings is 1. The number of nitrogens with zero attached hydrogens (tertiary/aromatic N) is 5. The summed E-state index contributed by atoms with van der Waals surface area (Å²) in [5.41, 5.74) is 14.6. The molecule has 0 fully saturated rings. The summed E-state index contributed by atoms with van der Waals surface area (Å²) in [5.74, 6) is 1.22. The van der Waals surface area contributed by atoms with Gasteiger partial charge in [0.05, 0.1) is 0 Å². The summed E-state index contributed by atoms with van der Waals surface area (Å²) >= 11 is 2.45.